The van der Waals surface area contributed by atoms with E-state index in [1.807, 2.05) is 6.07 Å². The van der Waals surface area contributed by atoms with E-state index in [0.717, 1.165) is 23.1 Å². The molecule has 0 saturated heterocycles. The van der Waals surface area contributed by atoms with Gasteiger partial charge in [0.25, 0.3) is 0 Å². The van der Waals surface area contributed by atoms with Crippen LogP contribution in [0, 0.1) is 11.3 Å². The van der Waals surface area contributed by atoms with Gasteiger partial charge in [-0.05, 0) is 28.4 Å². The Morgan fingerprint density at radius 2 is 2.38 bits per heavy atom. The predicted octanol–water partition coefficient (Wildman–Crippen LogP) is 2.56. The zero-order valence-corrected chi connectivity index (χ0v) is 8.71. The van der Waals surface area contributed by atoms with Crippen LogP contribution in [0.15, 0.2) is 22.9 Å². The summed E-state index contributed by atoms with van der Waals surface area (Å²) in [5, 5.41) is 11.5. The van der Waals surface area contributed by atoms with Gasteiger partial charge in [0.2, 0.25) is 0 Å². The first-order chi connectivity index (χ1) is 6.33. The molecule has 0 unspecified atom stereocenters. The van der Waals surface area contributed by atoms with Crippen molar-refractivity contribution in [2.45, 2.75) is 12.8 Å². The van der Waals surface area contributed by atoms with E-state index in [2.05, 4.69) is 32.3 Å². The third kappa shape index (κ3) is 3.90. The number of hydrogen-bond acceptors (Lipinski definition) is 3. The molecule has 13 heavy (non-hydrogen) atoms. The van der Waals surface area contributed by atoms with Crippen molar-refractivity contribution in [1.82, 2.24) is 4.98 Å². The van der Waals surface area contributed by atoms with Gasteiger partial charge in [-0.1, -0.05) is 0 Å². The van der Waals surface area contributed by atoms with Crippen LogP contribution in [0.3, 0.4) is 0 Å². The van der Waals surface area contributed by atoms with Gasteiger partial charge in [-0.2, -0.15) is 5.26 Å². The van der Waals surface area contributed by atoms with E-state index in [0.29, 0.717) is 6.42 Å². The van der Waals surface area contributed by atoms with Crippen molar-refractivity contribution >= 4 is 21.6 Å². The van der Waals surface area contributed by atoms with E-state index >= 15 is 0 Å². The quantitative estimate of drug-likeness (QED) is 0.822. The maximum absolute atomic E-state index is 8.31. The van der Waals surface area contributed by atoms with Crippen LogP contribution in [0.4, 0.5) is 5.69 Å². The lowest BCUT2D eigenvalue weighted by Crippen LogP contribution is -2.00. The topological polar surface area (TPSA) is 48.7 Å². The van der Waals surface area contributed by atoms with Crippen molar-refractivity contribution in [1.29, 1.82) is 5.26 Å². The molecule has 1 rings (SSSR count). The normalized spacial score (nSPS) is 9.23. The molecule has 0 aliphatic heterocycles. The molecule has 68 valence electrons. The Morgan fingerprint density at radius 1 is 1.54 bits per heavy atom. The van der Waals surface area contributed by atoms with Gasteiger partial charge in [0.05, 0.1) is 18.0 Å². The molecule has 1 aromatic rings. The Hall–Kier alpha value is -1.08. The lowest BCUT2D eigenvalue weighted by molar-refractivity contribution is 0.896. The average molecular weight is 240 g/mol. The molecule has 3 nitrogen and oxygen atoms in total. The summed E-state index contributed by atoms with van der Waals surface area (Å²) < 4.78 is 0.956. The van der Waals surface area contributed by atoms with Gasteiger partial charge in [0.1, 0.15) is 0 Å². The predicted molar refractivity (Wildman–Crippen MR) is 55.3 cm³/mol. The first-order valence-corrected chi connectivity index (χ1v) is 4.83. The maximum Gasteiger partial charge on any atom is 0.0622 e. The number of rotatable bonds is 4. The number of halogens is 1. The first-order valence-electron chi connectivity index (χ1n) is 4.04. The highest BCUT2D eigenvalue weighted by atomic mass is 79.9. The smallest absolute Gasteiger partial charge is 0.0622 e. The number of unbranched alkanes of at least 4 members (excludes halogenated alkanes) is 1. The minimum atomic E-state index is 0.592. The number of pyridine rings is 1. The van der Waals surface area contributed by atoms with E-state index in [-0.39, 0.29) is 0 Å². The van der Waals surface area contributed by atoms with Crippen LogP contribution >= 0.6 is 15.9 Å². The minimum absolute atomic E-state index is 0.592. The fraction of sp³-hybridized carbons (Fsp3) is 0.333. The van der Waals surface area contributed by atoms with Crippen LogP contribution < -0.4 is 5.32 Å². The Balaban J connectivity index is 2.33. The highest BCUT2D eigenvalue weighted by Crippen LogP contribution is 2.13. The van der Waals surface area contributed by atoms with E-state index in [1.165, 1.54) is 0 Å². The van der Waals surface area contributed by atoms with E-state index < -0.39 is 0 Å². The van der Waals surface area contributed by atoms with Crippen LogP contribution in [0.25, 0.3) is 0 Å². The molecule has 0 aliphatic rings. The maximum atomic E-state index is 8.31. The molecule has 0 saturated carbocycles. The monoisotopic (exact) mass is 239 g/mol. The lowest BCUT2D eigenvalue weighted by atomic mass is 10.3. The van der Waals surface area contributed by atoms with E-state index in [9.17, 15) is 0 Å². The van der Waals surface area contributed by atoms with Crippen molar-refractivity contribution in [3.05, 3.63) is 22.9 Å². The Morgan fingerprint density at radius 3 is 3.08 bits per heavy atom. The van der Waals surface area contributed by atoms with Crippen molar-refractivity contribution in [3.8, 4) is 6.07 Å². The molecule has 1 aromatic heterocycles. The SMILES string of the molecule is N#CCCCNc1cncc(Br)c1. The Kier molecular flexibility index (Phi) is 4.27. The van der Waals surface area contributed by atoms with Gasteiger partial charge in [-0.3, -0.25) is 4.98 Å². The second kappa shape index (κ2) is 5.55. The van der Waals surface area contributed by atoms with Crippen molar-refractivity contribution in [2.24, 2.45) is 0 Å². The third-order valence-corrected chi connectivity index (χ3v) is 1.93. The molecule has 0 aliphatic carbocycles. The molecule has 0 atom stereocenters. The summed E-state index contributed by atoms with van der Waals surface area (Å²) in [5.74, 6) is 0. The van der Waals surface area contributed by atoms with Crippen LogP contribution in [0.2, 0.25) is 0 Å². The number of nitriles is 1. The lowest BCUT2D eigenvalue weighted by Gasteiger charge is -2.03. The minimum Gasteiger partial charge on any atom is -0.384 e. The van der Waals surface area contributed by atoms with Gasteiger partial charge in [0.15, 0.2) is 0 Å². The van der Waals surface area contributed by atoms with Crippen LogP contribution in [0.1, 0.15) is 12.8 Å². The van der Waals surface area contributed by atoms with Crippen molar-refractivity contribution in [2.75, 3.05) is 11.9 Å². The summed E-state index contributed by atoms with van der Waals surface area (Å²) in [5.41, 5.74) is 0.979. The molecular formula is C9H10BrN3. The highest BCUT2D eigenvalue weighted by Gasteiger charge is 1.92. The molecule has 0 radical (unpaired) electrons. The molecule has 1 N–H and O–H groups in total. The van der Waals surface area contributed by atoms with Crippen LogP contribution in [-0.2, 0) is 0 Å². The van der Waals surface area contributed by atoms with E-state index in [1.54, 1.807) is 12.4 Å². The first kappa shape index (κ1) is 10.0. The molecular weight excluding hydrogens is 230 g/mol. The number of nitrogens with one attached hydrogen (secondary N) is 1. The zero-order valence-electron chi connectivity index (χ0n) is 7.13. The van der Waals surface area contributed by atoms with Crippen LogP contribution in [0.5, 0.6) is 0 Å². The van der Waals surface area contributed by atoms with Gasteiger partial charge in [-0.25, -0.2) is 0 Å². The van der Waals surface area contributed by atoms with Crippen molar-refractivity contribution in [3.63, 3.8) is 0 Å². The Labute approximate surface area is 85.9 Å². The summed E-state index contributed by atoms with van der Waals surface area (Å²) in [4.78, 5) is 4.01. The summed E-state index contributed by atoms with van der Waals surface area (Å²) in [6.07, 6.45) is 4.95. The fourth-order valence-corrected chi connectivity index (χ4v) is 1.27. The number of aromatic nitrogens is 1. The van der Waals surface area contributed by atoms with Gasteiger partial charge >= 0.3 is 0 Å². The van der Waals surface area contributed by atoms with E-state index in [4.69, 9.17) is 5.26 Å². The molecule has 1 heterocycles. The number of hydrogen-bond donors (Lipinski definition) is 1. The van der Waals surface area contributed by atoms with Gasteiger partial charge in [-0.15, -0.1) is 0 Å². The fourth-order valence-electron chi connectivity index (χ4n) is 0.909. The summed E-state index contributed by atoms with van der Waals surface area (Å²) in [7, 11) is 0. The zero-order chi connectivity index (χ0) is 9.52. The summed E-state index contributed by atoms with van der Waals surface area (Å²) in [6.45, 7) is 0.811. The average Bonchev–Trinajstić information content (AvgIpc) is 2.13. The molecule has 0 bridgehead atoms. The molecule has 0 spiro atoms. The number of nitrogens with zero attached hydrogens (tertiary/aromatic N) is 2. The number of anilines is 1. The standard InChI is InChI=1S/C9H10BrN3/c10-8-5-9(7-12-6-8)13-4-2-1-3-11/h5-7,13H,1-2,4H2. The van der Waals surface area contributed by atoms with Gasteiger partial charge in [0, 0.05) is 23.6 Å². The molecule has 0 amide bonds. The second-order valence-corrected chi connectivity index (χ2v) is 3.50. The third-order valence-electron chi connectivity index (χ3n) is 1.50. The summed E-state index contributed by atoms with van der Waals surface area (Å²) >= 11 is 3.33. The molecule has 0 aromatic carbocycles. The van der Waals surface area contributed by atoms with Crippen LogP contribution in [-0.4, -0.2) is 11.5 Å². The van der Waals surface area contributed by atoms with Crippen molar-refractivity contribution < 1.29 is 0 Å². The second-order valence-electron chi connectivity index (χ2n) is 2.58. The summed E-state index contributed by atoms with van der Waals surface area (Å²) in [6, 6.07) is 4.06. The molecule has 4 heteroatoms. The Bertz CT molecular complexity index is 306. The van der Waals surface area contributed by atoms with Gasteiger partial charge < -0.3 is 5.32 Å². The molecule has 0 fully saturated rings. The highest BCUT2D eigenvalue weighted by molar-refractivity contribution is 9.10. The largest absolute Gasteiger partial charge is 0.384 e.